The summed E-state index contributed by atoms with van der Waals surface area (Å²) in [5, 5.41) is 11.6. The predicted molar refractivity (Wildman–Crippen MR) is 79.7 cm³/mol. The zero-order chi connectivity index (χ0) is 15.3. The van der Waals surface area contributed by atoms with Crippen LogP contribution in [0.3, 0.4) is 0 Å². The standard InChI is InChI=1S/C16H21NO3/c1-5-16(3,4)17-15(20)13-10-12(7-6-11(13)2)8-9-14(18)19/h6-10H,5H2,1-4H3,(H,17,20)(H,18,19). The van der Waals surface area contributed by atoms with Gasteiger partial charge in [-0.1, -0.05) is 19.1 Å². The monoisotopic (exact) mass is 275 g/mol. The molecule has 108 valence electrons. The second kappa shape index (κ2) is 6.37. The van der Waals surface area contributed by atoms with Gasteiger partial charge in [-0.2, -0.15) is 0 Å². The number of carboxylic acids is 1. The lowest BCUT2D eigenvalue weighted by Crippen LogP contribution is -2.43. The van der Waals surface area contributed by atoms with Crippen LogP contribution in [-0.4, -0.2) is 22.5 Å². The zero-order valence-electron chi connectivity index (χ0n) is 12.4. The Hall–Kier alpha value is -2.10. The second-order valence-electron chi connectivity index (χ2n) is 5.44. The van der Waals surface area contributed by atoms with Gasteiger partial charge in [-0.05, 0) is 50.5 Å². The molecule has 0 aliphatic rings. The molecule has 0 spiro atoms. The van der Waals surface area contributed by atoms with Crippen molar-refractivity contribution in [3.05, 3.63) is 41.0 Å². The molecule has 0 heterocycles. The molecule has 0 fully saturated rings. The Labute approximate surface area is 119 Å². The molecule has 1 rings (SSSR count). The van der Waals surface area contributed by atoms with Crippen LogP contribution in [0.5, 0.6) is 0 Å². The molecule has 4 nitrogen and oxygen atoms in total. The number of benzene rings is 1. The van der Waals surface area contributed by atoms with E-state index < -0.39 is 5.97 Å². The Morgan fingerprint density at radius 2 is 2.00 bits per heavy atom. The lowest BCUT2D eigenvalue weighted by atomic mass is 9.99. The zero-order valence-corrected chi connectivity index (χ0v) is 12.4. The van der Waals surface area contributed by atoms with Crippen molar-refractivity contribution in [1.29, 1.82) is 0 Å². The molecule has 1 aromatic carbocycles. The van der Waals surface area contributed by atoms with Gasteiger partial charge in [-0.15, -0.1) is 0 Å². The number of carbonyl (C=O) groups is 2. The summed E-state index contributed by atoms with van der Waals surface area (Å²) in [5.74, 6) is -1.15. The van der Waals surface area contributed by atoms with E-state index in [9.17, 15) is 9.59 Å². The van der Waals surface area contributed by atoms with Crippen LogP contribution in [0.1, 0.15) is 48.7 Å². The van der Waals surface area contributed by atoms with Gasteiger partial charge in [0.1, 0.15) is 0 Å². The Kier molecular flexibility index (Phi) is 5.08. The average molecular weight is 275 g/mol. The second-order valence-corrected chi connectivity index (χ2v) is 5.44. The first-order valence-electron chi connectivity index (χ1n) is 6.59. The number of rotatable bonds is 5. The maximum Gasteiger partial charge on any atom is 0.328 e. The fourth-order valence-corrected chi connectivity index (χ4v) is 1.62. The highest BCUT2D eigenvalue weighted by molar-refractivity contribution is 5.97. The Bertz CT molecular complexity index is 545. The highest BCUT2D eigenvalue weighted by Gasteiger charge is 2.19. The summed E-state index contributed by atoms with van der Waals surface area (Å²) in [5.41, 5.74) is 1.86. The first-order valence-corrected chi connectivity index (χ1v) is 6.59. The molecule has 0 saturated carbocycles. The van der Waals surface area contributed by atoms with Crippen molar-refractivity contribution in [2.45, 2.75) is 39.7 Å². The molecule has 0 aliphatic carbocycles. The summed E-state index contributed by atoms with van der Waals surface area (Å²) >= 11 is 0. The third-order valence-electron chi connectivity index (χ3n) is 3.26. The Morgan fingerprint density at radius 3 is 2.55 bits per heavy atom. The topological polar surface area (TPSA) is 66.4 Å². The van der Waals surface area contributed by atoms with Crippen LogP contribution in [0, 0.1) is 6.92 Å². The molecule has 1 amide bonds. The molecule has 0 unspecified atom stereocenters. The summed E-state index contributed by atoms with van der Waals surface area (Å²) in [7, 11) is 0. The first-order chi connectivity index (χ1) is 9.25. The SMILES string of the molecule is CCC(C)(C)NC(=O)c1cc(C=CC(=O)O)ccc1C. The molecule has 0 aromatic heterocycles. The van der Waals surface area contributed by atoms with Gasteiger partial charge in [-0.3, -0.25) is 4.79 Å². The Morgan fingerprint density at radius 1 is 1.35 bits per heavy atom. The minimum atomic E-state index is -1.01. The van der Waals surface area contributed by atoms with E-state index in [0.29, 0.717) is 11.1 Å². The molecule has 1 aromatic rings. The molecule has 0 bridgehead atoms. The van der Waals surface area contributed by atoms with E-state index in [1.807, 2.05) is 33.8 Å². The van der Waals surface area contributed by atoms with Crippen molar-refractivity contribution in [1.82, 2.24) is 5.32 Å². The number of nitrogens with one attached hydrogen (secondary N) is 1. The Balaban J connectivity index is 3.02. The van der Waals surface area contributed by atoms with Crippen molar-refractivity contribution < 1.29 is 14.7 Å². The van der Waals surface area contributed by atoms with Crippen LogP contribution in [-0.2, 0) is 4.79 Å². The molecule has 0 radical (unpaired) electrons. The van der Waals surface area contributed by atoms with Gasteiger partial charge in [0.05, 0.1) is 0 Å². The van der Waals surface area contributed by atoms with Crippen molar-refractivity contribution in [2.24, 2.45) is 0 Å². The van der Waals surface area contributed by atoms with E-state index in [1.165, 1.54) is 6.08 Å². The van der Waals surface area contributed by atoms with Crippen molar-refractivity contribution >= 4 is 18.0 Å². The molecule has 20 heavy (non-hydrogen) atoms. The minimum absolute atomic E-state index is 0.139. The highest BCUT2D eigenvalue weighted by Crippen LogP contribution is 2.15. The fraction of sp³-hybridized carbons (Fsp3) is 0.375. The summed E-state index contributed by atoms with van der Waals surface area (Å²) in [6, 6.07) is 5.31. The number of aliphatic carboxylic acids is 1. The molecule has 0 saturated heterocycles. The normalized spacial score (nSPS) is 11.6. The van der Waals surface area contributed by atoms with Gasteiger partial charge in [-0.25, -0.2) is 4.79 Å². The van der Waals surface area contributed by atoms with Crippen molar-refractivity contribution in [3.8, 4) is 0 Å². The van der Waals surface area contributed by atoms with Crippen molar-refractivity contribution in [2.75, 3.05) is 0 Å². The van der Waals surface area contributed by atoms with Crippen LogP contribution >= 0.6 is 0 Å². The predicted octanol–water partition coefficient (Wildman–Crippen LogP) is 3.01. The maximum absolute atomic E-state index is 12.3. The summed E-state index contributed by atoms with van der Waals surface area (Å²) in [6.07, 6.45) is 3.36. The van der Waals surface area contributed by atoms with Gasteiger partial charge < -0.3 is 10.4 Å². The van der Waals surface area contributed by atoms with E-state index in [1.54, 1.807) is 12.1 Å². The first kappa shape index (κ1) is 16.0. The summed E-state index contributed by atoms with van der Waals surface area (Å²) in [6.45, 7) is 7.81. The molecule has 4 heteroatoms. The summed E-state index contributed by atoms with van der Waals surface area (Å²) in [4.78, 5) is 22.8. The third-order valence-corrected chi connectivity index (χ3v) is 3.26. The van der Waals surface area contributed by atoms with E-state index in [4.69, 9.17) is 5.11 Å². The van der Waals surface area contributed by atoms with Gasteiger partial charge in [0.2, 0.25) is 0 Å². The van der Waals surface area contributed by atoms with E-state index in [-0.39, 0.29) is 11.4 Å². The number of hydrogen-bond donors (Lipinski definition) is 2. The number of carboxylic acid groups (broad SMARTS) is 1. The van der Waals surface area contributed by atoms with Crippen LogP contribution in [0.2, 0.25) is 0 Å². The van der Waals surface area contributed by atoms with Gasteiger partial charge in [0.15, 0.2) is 0 Å². The van der Waals surface area contributed by atoms with Crippen LogP contribution in [0.15, 0.2) is 24.3 Å². The highest BCUT2D eigenvalue weighted by atomic mass is 16.4. The molecule has 0 atom stereocenters. The maximum atomic E-state index is 12.3. The van der Waals surface area contributed by atoms with E-state index in [2.05, 4.69) is 5.32 Å². The van der Waals surface area contributed by atoms with Crippen molar-refractivity contribution in [3.63, 3.8) is 0 Å². The third kappa shape index (κ3) is 4.53. The average Bonchev–Trinajstić information content (AvgIpc) is 2.37. The minimum Gasteiger partial charge on any atom is -0.478 e. The molecular weight excluding hydrogens is 254 g/mol. The van der Waals surface area contributed by atoms with E-state index >= 15 is 0 Å². The quantitative estimate of drug-likeness (QED) is 0.812. The van der Waals surface area contributed by atoms with Crippen LogP contribution in [0.25, 0.3) is 6.08 Å². The van der Waals surface area contributed by atoms with Gasteiger partial charge in [0.25, 0.3) is 5.91 Å². The van der Waals surface area contributed by atoms with Crippen LogP contribution in [0.4, 0.5) is 0 Å². The van der Waals surface area contributed by atoms with Gasteiger partial charge in [0, 0.05) is 17.2 Å². The van der Waals surface area contributed by atoms with Gasteiger partial charge >= 0.3 is 5.97 Å². The lowest BCUT2D eigenvalue weighted by Gasteiger charge is -2.25. The largest absolute Gasteiger partial charge is 0.478 e. The van der Waals surface area contributed by atoms with E-state index in [0.717, 1.165) is 18.1 Å². The molecule has 0 aliphatic heterocycles. The summed E-state index contributed by atoms with van der Waals surface area (Å²) < 4.78 is 0. The number of hydrogen-bond acceptors (Lipinski definition) is 2. The fourth-order valence-electron chi connectivity index (χ4n) is 1.62. The molecular formula is C16H21NO3. The number of carbonyl (C=O) groups excluding carboxylic acids is 1. The smallest absolute Gasteiger partial charge is 0.328 e. The van der Waals surface area contributed by atoms with Crippen LogP contribution < -0.4 is 5.32 Å². The number of amides is 1. The number of aryl methyl sites for hydroxylation is 1. The molecule has 2 N–H and O–H groups in total. The lowest BCUT2D eigenvalue weighted by molar-refractivity contribution is -0.131.